The molecule has 0 spiro atoms. The largest absolute Gasteiger partial charge is 0.391 e. The Bertz CT molecular complexity index is 461. The zero-order chi connectivity index (χ0) is 14.0. The number of likely N-dealkylation sites (tertiary alicyclic amines) is 1. The molecule has 1 aromatic carbocycles. The van der Waals surface area contributed by atoms with Gasteiger partial charge in [-0.1, -0.05) is 23.2 Å². The molecule has 0 aromatic heterocycles. The van der Waals surface area contributed by atoms with Gasteiger partial charge >= 0.3 is 0 Å². The second-order valence-electron chi connectivity index (χ2n) is 4.70. The van der Waals surface area contributed by atoms with Gasteiger partial charge in [0.25, 0.3) is 0 Å². The van der Waals surface area contributed by atoms with Crippen molar-refractivity contribution in [2.75, 3.05) is 13.1 Å². The fourth-order valence-electron chi connectivity index (χ4n) is 2.15. The minimum atomic E-state index is -0.943. The third kappa shape index (κ3) is 3.83. The highest BCUT2D eigenvalue weighted by molar-refractivity contribution is 6.34. The summed E-state index contributed by atoms with van der Waals surface area (Å²) in [6, 6.07) is 4.74. The molecular weight excluding hydrogens is 289 g/mol. The molecule has 1 aromatic rings. The Morgan fingerprint density at radius 1 is 1.37 bits per heavy atom. The van der Waals surface area contributed by atoms with Gasteiger partial charge in [0, 0.05) is 23.1 Å². The Morgan fingerprint density at radius 3 is 2.53 bits per heavy atom. The van der Waals surface area contributed by atoms with Gasteiger partial charge in [0.15, 0.2) is 0 Å². The molecule has 0 aliphatic carbocycles. The first-order valence-corrected chi connectivity index (χ1v) is 6.81. The Hall–Kier alpha value is -0.810. The molecule has 1 unspecified atom stereocenters. The van der Waals surface area contributed by atoms with Crippen molar-refractivity contribution in [2.24, 2.45) is 0 Å². The number of aliphatic hydroxyl groups is 2. The summed E-state index contributed by atoms with van der Waals surface area (Å²) in [5, 5.41) is 20.3. The Morgan fingerprint density at radius 2 is 2.00 bits per heavy atom. The molecule has 1 amide bonds. The highest BCUT2D eigenvalue weighted by atomic mass is 35.5. The number of rotatable bonds is 3. The molecule has 104 valence electrons. The lowest BCUT2D eigenvalue weighted by atomic mass is 10.1. The van der Waals surface area contributed by atoms with E-state index in [1.807, 2.05) is 0 Å². The van der Waals surface area contributed by atoms with Crippen LogP contribution in [0.15, 0.2) is 18.2 Å². The molecule has 2 N–H and O–H groups in total. The first-order valence-electron chi connectivity index (χ1n) is 6.05. The van der Waals surface area contributed by atoms with Crippen LogP contribution in [-0.2, 0) is 4.79 Å². The maximum Gasteiger partial charge on any atom is 0.225 e. The van der Waals surface area contributed by atoms with Crippen molar-refractivity contribution >= 4 is 29.1 Å². The van der Waals surface area contributed by atoms with Crippen LogP contribution >= 0.6 is 23.2 Å². The standard InChI is InChI=1S/C13H15Cl2NO3/c14-9-3-8(4-10(15)5-9)12(18)6-13(19)16-2-1-11(17)7-16/h3-5,11-12,17-18H,1-2,6-7H2/t11-,12?/m1/s1. The van der Waals surface area contributed by atoms with Crippen molar-refractivity contribution in [3.63, 3.8) is 0 Å². The number of benzene rings is 1. The van der Waals surface area contributed by atoms with E-state index in [-0.39, 0.29) is 12.3 Å². The molecule has 19 heavy (non-hydrogen) atoms. The summed E-state index contributed by atoms with van der Waals surface area (Å²) < 4.78 is 0. The quantitative estimate of drug-likeness (QED) is 0.898. The lowest BCUT2D eigenvalue weighted by Gasteiger charge is -2.18. The van der Waals surface area contributed by atoms with Gasteiger partial charge in [-0.3, -0.25) is 4.79 Å². The van der Waals surface area contributed by atoms with Crippen LogP contribution in [0.5, 0.6) is 0 Å². The molecule has 0 saturated carbocycles. The minimum Gasteiger partial charge on any atom is -0.391 e. The van der Waals surface area contributed by atoms with E-state index < -0.39 is 12.2 Å². The topological polar surface area (TPSA) is 60.8 Å². The number of β-amino-alcohol motifs (C(OH)–C–C–N with tert-alkyl or cyclic N) is 1. The SMILES string of the molecule is O=C(CC(O)c1cc(Cl)cc(Cl)c1)N1CC[C@@H](O)C1. The average Bonchev–Trinajstić information content (AvgIpc) is 2.74. The van der Waals surface area contributed by atoms with Crippen LogP contribution in [0.3, 0.4) is 0 Å². The first kappa shape index (κ1) is 14.6. The molecule has 1 aliphatic rings. The van der Waals surface area contributed by atoms with Crippen LogP contribution in [0.1, 0.15) is 24.5 Å². The van der Waals surface area contributed by atoms with Gasteiger partial charge in [-0.25, -0.2) is 0 Å². The summed E-state index contributed by atoms with van der Waals surface area (Å²) in [6.07, 6.45) is -0.850. The van der Waals surface area contributed by atoms with Crippen molar-refractivity contribution in [1.82, 2.24) is 4.90 Å². The maximum absolute atomic E-state index is 11.9. The van der Waals surface area contributed by atoms with Crippen LogP contribution in [0.2, 0.25) is 10.0 Å². The number of hydrogen-bond acceptors (Lipinski definition) is 3. The number of carbonyl (C=O) groups is 1. The number of nitrogens with zero attached hydrogens (tertiary/aromatic N) is 1. The van der Waals surface area contributed by atoms with E-state index in [1.54, 1.807) is 23.1 Å². The summed E-state index contributed by atoms with van der Waals surface area (Å²) in [7, 11) is 0. The van der Waals surface area contributed by atoms with Crippen LogP contribution in [0.25, 0.3) is 0 Å². The van der Waals surface area contributed by atoms with Gasteiger partial charge in [-0.15, -0.1) is 0 Å². The van der Waals surface area contributed by atoms with Crippen molar-refractivity contribution in [1.29, 1.82) is 0 Å². The third-order valence-corrected chi connectivity index (χ3v) is 3.59. The zero-order valence-corrected chi connectivity index (χ0v) is 11.7. The number of halogens is 2. The predicted octanol–water partition coefficient (Wildman–Crippen LogP) is 2.01. The smallest absolute Gasteiger partial charge is 0.225 e. The fraction of sp³-hybridized carbons (Fsp3) is 0.462. The van der Waals surface area contributed by atoms with Crippen LogP contribution in [0, 0.1) is 0 Å². The van der Waals surface area contributed by atoms with Crippen molar-refractivity contribution in [2.45, 2.75) is 25.0 Å². The van der Waals surface area contributed by atoms with E-state index in [2.05, 4.69) is 0 Å². The van der Waals surface area contributed by atoms with E-state index >= 15 is 0 Å². The highest BCUT2D eigenvalue weighted by Gasteiger charge is 2.26. The van der Waals surface area contributed by atoms with Crippen LogP contribution < -0.4 is 0 Å². The maximum atomic E-state index is 11.9. The molecule has 1 saturated heterocycles. The van der Waals surface area contributed by atoms with E-state index in [0.29, 0.717) is 35.1 Å². The molecule has 1 aliphatic heterocycles. The molecular formula is C13H15Cl2NO3. The minimum absolute atomic E-state index is 0.0383. The van der Waals surface area contributed by atoms with Crippen LogP contribution in [-0.4, -0.2) is 40.2 Å². The van der Waals surface area contributed by atoms with Gasteiger partial charge in [0.1, 0.15) is 0 Å². The normalized spacial score (nSPS) is 20.6. The number of carbonyl (C=O) groups excluding carboxylic acids is 1. The number of amides is 1. The predicted molar refractivity (Wildman–Crippen MR) is 73.2 cm³/mol. The Kier molecular flexibility index (Phi) is 4.68. The fourth-order valence-corrected chi connectivity index (χ4v) is 2.69. The lowest BCUT2D eigenvalue weighted by molar-refractivity contribution is -0.132. The molecule has 0 bridgehead atoms. The van der Waals surface area contributed by atoms with Gasteiger partial charge in [-0.2, -0.15) is 0 Å². The van der Waals surface area contributed by atoms with E-state index in [1.165, 1.54) is 0 Å². The monoisotopic (exact) mass is 303 g/mol. The Labute approximate surface area is 121 Å². The van der Waals surface area contributed by atoms with E-state index in [9.17, 15) is 15.0 Å². The van der Waals surface area contributed by atoms with Crippen molar-refractivity contribution < 1.29 is 15.0 Å². The Balaban J connectivity index is 2.00. The van der Waals surface area contributed by atoms with E-state index in [4.69, 9.17) is 23.2 Å². The molecule has 2 rings (SSSR count). The highest BCUT2D eigenvalue weighted by Crippen LogP contribution is 2.26. The van der Waals surface area contributed by atoms with Gasteiger partial charge in [0.2, 0.25) is 5.91 Å². The lowest BCUT2D eigenvalue weighted by Crippen LogP contribution is -2.30. The van der Waals surface area contributed by atoms with E-state index in [0.717, 1.165) is 0 Å². The average molecular weight is 304 g/mol. The third-order valence-electron chi connectivity index (χ3n) is 3.15. The van der Waals surface area contributed by atoms with Gasteiger partial charge in [0.05, 0.1) is 18.6 Å². The second kappa shape index (κ2) is 6.09. The van der Waals surface area contributed by atoms with Gasteiger partial charge < -0.3 is 15.1 Å². The molecule has 1 heterocycles. The summed E-state index contributed by atoms with van der Waals surface area (Å²) in [5.74, 6) is -0.180. The van der Waals surface area contributed by atoms with Gasteiger partial charge in [-0.05, 0) is 30.2 Å². The summed E-state index contributed by atoms with van der Waals surface area (Å²) >= 11 is 11.7. The number of hydrogen-bond donors (Lipinski definition) is 2. The van der Waals surface area contributed by atoms with Crippen molar-refractivity contribution in [3.8, 4) is 0 Å². The molecule has 0 radical (unpaired) electrons. The summed E-state index contributed by atoms with van der Waals surface area (Å²) in [6.45, 7) is 0.866. The summed E-state index contributed by atoms with van der Waals surface area (Å²) in [5.41, 5.74) is 0.519. The molecule has 6 heteroatoms. The second-order valence-corrected chi connectivity index (χ2v) is 5.58. The first-order chi connectivity index (χ1) is 8.95. The summed E-state index contributed by atoms with van der Waals surface area (Å²) in [4.78, 5) is 13.5. The zero-order valence-electron chi connectivity index (χ0n) is 10.2. The molecule has 1 fully saturated rings. The van der Waals surface area contributed by atoms with Crippen LogP contribution in [0.4, 0.5) is 0 Å². The number of aliphatic hydroxyl groups excluding tert-OH is 2. The van der Waals surface area contributed by atoms with Crippen molar-refractivity contribution in [3.05, 3.63) is 33.8 Å². The molecule has 4 nitrogen and oxygen atoms in total. The molecule has 2 atom stereocenters.